The lowest BCUT2D eigenvalue weighted by molar-refractivity contribution is -0.139. The van der Waals surface area contributed by atoms with Gasteiger partial charge >= 0.3 is 5.97 Å². The number of rotatable bonds is 2. The summed E-state index contributed by atoms with van der Waals surface area (Å²) in [5.41, 5.74) is 0.996. The molecule has 0 aromatic heterocycles. The zero-order chi connectivity index (χ0) is 11.7. The van der Waals surface area contributed by atoms with Crippen LogP contribution in [0.3, 0.4) is 0 Å². The first kappa shape index (κ1) is 11.4. The SMILES string of the molecule is CC1C=C(C(O)c2ccc(Br)cc2)C(=O)O1. The van der Waals surface area contributed by atoms with Crippen LogP contribution in [0.15, 0.2) is 40.4 Å². The first-order valence-electron chi connectivity index (χ1n) is 4.94. The summed E-state index contributed by atoms with van der Waals surface area (Å²) in [5, 5.41) is 10.0. The number of hydrogen-bond donors (Lipinski definition) is 1. The zero-order valence-electron chi connectivity index (χ0n) is 8.68. The van der Waals surface area contributed by atoms with Gasteiger partial charge in [0.2, 0.25) is 0 Å². The normalized spacial score (nSPS) is 21.6. The third-order valence-corrected chi connectivity index (χ3v) is 2.95. The summed E-state index contributed by atoms with van der Waals surface area (Å²) < 4.78 is 5.87. The van der Waals surface area contributed by atoms with Gasteiger partial charge in [-0.25, -0.2) is 4.79 Å². The molecule has 1 aliphatic rings. The van der Waals surface area contributed by atoms with Crippen LogP contribution >= 0.6 is 15.9 Å². The molecule has 0 aliphatic carbocycles. The van der Waals surface area contributed by atoms with Crippen molar-refractivity contribution in [1.29, 1.82) is 0 Å². The molecule has 1 heterocycles. The highest BCUT2D eigenvalue weighted by molar-refractivity contribution is 9.10. The minimum Gasteiger partial charge on any atom is -0.455 e. The number of ether oxygens (including phenoxy) is 1. The first-order valence-corrected chi connectivity index (χ1v) is 5.73. The van der Waals surface area contributed by atoms with E-state index in [-0.39, 0.29) is 6.10 Å². The maximum absolute atomic E-state index is 11.4. The standard InChI is InChI=1S/C12H11BrO3/c1-7-6-10(12(15)16-7)11(14)8-2-4-9(13)5-3-8/h2-7,11,14H,1H3. The van der Waals surface area contributed by atoms with Gasteiger partial charge in [0.05, 0.1) is 5.57 Å². The molecule has 0 radical (unpaired) electrons. The number of carbonyl (C=O) groups excluding carboxylic acids is 1. The van der Waals surface area contributed by atoms with Crippen molar-refractivity contribution in [3.8, 4) is 0 Å². The molecule has 2 atom stereocenters. The van der Waals surface area contributed by atoms with Crippen LogP contribution in [0.2, 0.25) is 0 Å². The number of carbonyl (C=O) groups is 1. The summed E-state index contributed by atoms with van der Waals surface area (Å²) in [6, 6.07) is 7.18. The van der Waals surface area contributed by atoms with Crippen LogP contribution in [0.1, 0.15) is 18.6 Å². The Morgan fingerprint density at radius 1 is 1.38 bits per heavy atom. The van der Waals surface area contributed by atoms with Gasteiger partial charge in [0.1, 0.15) is 12.2 Å². The van der Waals surface area contributed by atoms with Gasteiger partial charge in [-0.1, -0.05) is 28.1 Å². The van der Waals surface area contributed by atoms with E-state index in [1.165, 1.54) is 0 Å². The summed E-state index contributed by atoms with van der Waals surface area (Å²) in [4.78, 5) is 11.4. The molecule has 1 aromatic rings. The van der Waals surface area contributed by atoms with E-state index in [2.05, 4.69) is 15.9 Å². The van der Waals surface area contributed by atoms with Crippen LogP contribution in [-0.4, -0.2) is 17.2 Å². The monoisotopic (exact) mass is 282 g/mol. The minimum atomic E-state index is -0.912. The fourth-order valence-electron chi connectivity index (χ4n) is 1.62. The van der Waals surface area contributed by atoms with Crippen LogP contribution in [0.5, 0.6) is 0 Å². The second-order valence-electron chi connectivity index (χ2n) is 3.69. The lowest BCUT2D eigenvalue weighted by Gasteiger charge is -2.10. The Morgan fingerprint density at radius 3 is 2.50 bits per heavy atom. The van der Waals surface area contributed by atoms with Crippen LogP contribution in [0, 0.1) is 0 Å². The van der Waals surface area contributed by atoms with Gasteiger partial charge in [0.25, 0.3) is 0 Å². The molecule has 3 nitrogen and oxygen atoms in total. The van der Waals surface area contributed by atoms with Crippen LogP contribution < -0.4 is 0 Å². The quantitative estimate of drug-likeness (QED) is 0.847. The summed E-state index contributed by atoms with van der Waals surface area (Å²) in [5.74, 6) is -0.442. The highest BCUT2D eigenvalue weighted by Gasteiger charge is 2.28. The van der Waals surface area contributed by atoms with Crippen LogP contribution in [0.4, 0.5) is 0 Å². The summed E-state index contributed by atoms with van der Waals surface area (Å²) in [7, 11) is 0. The minimum absolute atomic E-state index is 0.257. The zero-order valence-corrected chi connectivity index (χ0v) is 10.3. The second-order valence-corrected chi connectivity index (χ2v) is 4.60. The Hall–Kier alpha value is -1.13. The molecule has 0 saturated carbocycles. The molecule has 1 N–H and O–H groups in total. The molecule has 2 unspecified atom stereocenters. The molecule has 1 aliphatic heterocycles. The van der Waals surface area contributed by atoms with E-state index in [1.54, 1.807) is 25.1 Å². The smallest absolute Gasteiger partial charge is 0.337 e. The van der Waals surface area contributed by atoms with Crippen molar-refractivity contribution < 1.29 is 14.6 Å². The Morgan fingerprint density at radius 2 is 2.00 bits per heavy atom. The van der Waals surface area contributed by atoms with E-state index in [9.17, 15) is 9.90 Å². The molecule has 16 heavy (non-hydrogen) atoms. The molecule has 0 fully saturated rings. The van der Waals surface area contributed by atoms with Gasteiger partial charge in [-0.15, -0.1) is 0 Å². The summed E-state index contributed by atoms with van der Waals surface area (Å²) in [6.45, 7) is 1.76. The van der Waals surface area contributed by atoms with Crippen molar-refractivity contribution >= 4 is 21.9 Å². The van der Waals surface area contributed by atoms with Crippen molar-refractivity contribution in [2.45, 2.75) is 19.1 Å². The Bertz CT molecular complexity index is 436. The Labute approximate surface area is 102 Å². The number of cyclic esters (lactones) is 1. The molecule has 84 valence electrons. The topological polar surface area (TPSA) is 46.5 Å². The Kier molecular flexibility index (Phi) is 3.12. The molecule has 4 heteroatoms. The fraction of sp³-hybridized carbons (Fsp3) is 0.250. The average Bonchev–Trinajstić information content (AvgIpc) is 2.58. The van der Waals surface area contributed by atoms with Crippen LogP contribution in [-0.2, 0) is 9.53 Å². The second kappa shape index (κ2) is 4.39. The maximum atomic E-state index is 11.4. The van der Waals surface area contributed by atoms with E-state index < -0.39 is 12.1 Å². The molecule has 0 amide bonds. The predicted octanol–water partition coefficient (Wildman–Crippen LogP) is 2.35. The molecular formula is C12H11BrO3. The predicted molar refractivity (Wildman–Crippen MR) is 62.7 cm³/mol. The lowest BCUT2D eigenvalue weighted by Crippen LogP contribution is -2.09. The molecular weight excluding hydrogens is 272 g/mol. The van der Waals surface area contributed by atoms with E-state index >= 15 is 0 Å². The molecule has 2 rings (SSSR count). The third kappa shape index (κ3) is 2.18. The van der Waals surface area contributed by atoms with E-state index in [0.717, 1.165) is 4.47 Å². The first-order chi connectivity index (χ1) is 7.58. The number of aliphatic hydroxyl groups excluding tert-OH is 1. The van der Waals surface area contributed by atoms with Gasteiger partial charge in [-0.2, -0.15) is 0 Å². The summed E-state index contributed by atoms with van der Waals surface area (Å²) >= 11 is 3.31. The van der Waals surface area contributed by atoms with Gasteiger partial charge in [0, 0.05) is 4.47 Å². The number of benzene rings is 1. The highest BCUT2D eigenvalue weighted by Crippen LogP contribution is 2.28. The van der Waals surface area contributed by atoms with Crippen LogP contribution in [0.25, 0.3) is 0 Å². The average molecular weight is 283 g/mol. The summed E-state index contributed by atoms with van der Waals surface area (Å²) in [6.07, 6.45) is 0.479. The van der Waals surface area contributed by atoms with Crippen molar-refractivity contribution in [1.82, 2.24) is 0 Å². The largest absolute Gasteiger partial charge is 0.455 e. The third-order valence-electron chi connectivity index (χ3n) is 2.42. The molecule has 0 spiro atoms. The fourth-order valence-corrected chi connectivity index (χ4v) is 1.88. The van der Waals surface area contributed by atoms with Gasteiger partial charge < -0.3 is 9.84 Å². The number of halogens is 1. The molecule has 0 saturated heterocycles. The molecule has 0 bridgehead atoms. The van der Waals surface area contributed by atoms with Gasteiger partial charge in [-0.3, -0.25) is 0 Å². The van der Waals surface area contributed by atoms with Crippen molar-refractivity contribution in [3.05, 3.63) is 46.0 Å². The van der Waals surface area contributed by atoms with Crippen molar-refractivity contribution in [3.63, 3.8) is 0 Å². The van der Waals surface area contributed by atoms with E-state index in [0.29, 0.717) is 11.1 Å². The van der Waals surface area contributed by atoms with Crippen molar-refractivity contribution in [2.75, 3.05) is 0 Å². The lowest BCUT2D eigenvalue weighted by atomic mass is 10.0. The molecule has 1 aromatic carbocycles. The van der Waals surface area contributed by atoms with Crippen molar-refractivity contribution in [2.24, 2.45) is 0 Å². The Balaban J connectivity index is 2.25. The van der Waals surface area contributed by atoms with E-state index in [4.69, 9.17) is 4.74 Å². The number of hydrogen-bond acceptors (Lipinski definition) is 3. The maximum Gasteiger partial charge on any atom is 0.337 e. The van der Waals surface area contributed by atoms with E-state index in [1.807, 2.05) is 12.1 Å². The highest BCUT2D eigenvalue weighted by atomic mass is 79.9. The van der Waals surface area contributed by atoms with Gasteiger partial charge in [0.15, 0.2) is 0 Å². The van der Waals surface area contributed by atoms with Gasteiger partial charge in [-0.05, 0) is 30.7 Å². The number of esters is 1. The number of aliphatic hydroxyl groups is 1.